The highest BCUT2D eigenvalue weighted by molar-refractivity contribution is 7.84. The van der Waals surface area contributed by atoms with E-state index in [4.69, 9.17) is 10.2 Å². The van der Waals surface area contributed by atoms with Crippen molar-refractivity contribution in [2.75, 3.05) is 6.61 Å². The van der Waals surface area contributed by atoms with Crippen LogP contribution >= 0.6 is 25.0 Å². The molecular weight excluding hydrogens is 186 g/mol. The summed E-state index contributed by atoms with van der Waals surface area (Å²) in [7, 11) is 0. The van der Waals surface area contributed by atoms with E-state index in [2.05, 4.69) is 17.9 Å². The van der Waals surface area contributed by atoms with Gasteiger partial charge in [-0.05, 0) is 6.08 Å². The molecule has 11 heavy (non-hydrogen) atoms. The van der Waals surface area contributed by atoms with Crippen LogP contribution in [0.3, 0.4) is 0 Å². The summed E-state index contributed by atoms with van der Waals surface area (Å²) in [6.07, 6.45) is 3.07. The normalized spacial score (nSPS) is 22.5. The van der Waals surface area contributed by atoms with Gasteiger partial charge in [-0.15, -0.1) is 25.0 Å². The second-order valence-electron chi connectivity index (χ2n) is 2.04. The first-order valence-electron chi connectivity index (χ1n) is 2.91. The average Bonchev–Trinajstić information content (AvgIpc) is 1.95. The van der Waals surface area contributed by atoms with E-state index in [1.54, 1.807) is 6.20 Å². The zero-order valence-corrected chi connectivity index (χ0v) is 7.40. The molecule has 1 aliphatic rings. The van der Waals surface area contributed by atoms with Gasteiger partial charge in [0, 0.05) is 6.20 Å². The fourth-order valence-electron chi connectivity index (χ4n) is 0.689. The molecule has 0 spiro atoms. The van der Waals surface area contributed by atoms with E-state index in [1.807, 2.05) is 0 Å². The zero-order chi connectivity index (χ0) is 7.56. The largest absolute Gasteiger partial charge is 0.507 e. The van der Waals surface area contributed by atoms with Crippen molar-refractivity contribution in [3.05, 3.63) is 22.9 Å². The van der Waals surface area contributed by atoms with Crippen LogP contribution in [0, 0.1) is 0 Å². The van der Waals surface area contributed by atoms with E-state index < -0.39 is 0 Å². The Hall–Kier alpha value is -0.320. The van der Waals surface area contributed by atoms with Gasteiger partial charge in [-0.2, -0.15) is 0 Å². The molecule has 3 N–H and O–H groups in total. The summed E-state index contributed by atoms with van der Waals surface area (Å²) in [5, 5.41) is 20.5. The van der Waals surface area contributed by atoms with E-state index in [1.165, 1.54) is 6.08 Å². The van der Waals surface area contributed by atoms with Gasteiger partial charge in [0.1, 0.15) is 5.76 Å². The molecule has 0 amide bonds. The number of aliphatic hydroxyl groups is 2. The summed E-state index contributed by atoms with van der Waals surface area (Å²) in [6.45, 7) is -0.0262. The molecule has 1 atom stereocenters. The Balaban J connectivity index is 0.000001000. The number of hydrogen-bond acceptors (Lipinski definition) is 4. The highest BCUT2D eigenvalue weighted by Crippen LogP contribution is 2.14. The van der Waals surface area contributed by atoms with Gasteiger partial charge >= 0.3 is 0 Å². The molecule has 0 aromatic rings. The number of hydrogen-bond donors (Lipinski definition) is 4. The Morgan fingerprint density at radius 3 is 2.73 bits per heavy atom. The summed E-state index contributed by atoms with van der Waals surface area (Å²) >= 11 is 3.93. The SMILES string of the molecule is Cl.OCC1C=C(O)C(S)=CN1. The van der Waals surface area contributed by atoms with Gasteiger partial charge in [-0.3, -0.25) is 0 Å². The van der Waals surface area contributed by atoms with Crippen molar-refractivity contribution in [3.8, 4) is 0 Å². The van der Waals surface area contributed by atoms with Crippen molar-refractivity contribution in [2.24, 2.45) is 0 Å². The summed E-state index contributed by atoms with van der Waals surface area (Å²) in [5.74, 6) is 0.112. The van der Waals surface area contributed by atoms with Crippen molar-refractivity contribution in [1.29, 1.82) is 0 Å². The molecule has 0 saturated heterocycles. The van der Waals surface area contributed by atoms with Crippen LogP contribution in [0.1, 0.15) is 0 Å². The smallest absolute Gasteiger partial charge is 0.128 e. The van der Waals surface area contributed by atoms with Gasteiger partial charge in [0.05, 0.1) is 17.6 Å². The molecule has 0 bridgehead atoms. The predicted octanol–water partition coefficient (Wildman–Crippen LogP) is 0.585. The highest BCUT2D eigenvalue weighted by atomic mass is 35.5. The minimum absolute atomic E-state index is 0. The lowest BCUT2D eigenvalue weighted by atomic mass is 10.2. The number of thiol groups is 1. The monoisotopic (exact) mass is 195 g/mol. The average molecular weight is 196 g/mol. The second kappa shape index (κ2) is 4.54. The first kappa shape index (κ1) is 10.7. The zero-order valence-electron chi connectivity index (χ0n) is 5.69. The van der Waals surface area contributed by atoms with Crippen LogP contribution < -0.4 is 5.32 Å². The Morgan fingerprint density at radius 2 is 2.27 bits per heavy atom. The maximum absolute atomic E-state index is 9.04. The molecule has 0 aliphatic carbocycles. The van der Waals surface area contributed by atoms with Crippen molar-refractivity contribution in [3.63, 3.8) is 0 Å². The number of dihydropyridines is 1. The third-order valence-corrected chi connectivity index (χ3v) is 1.61. The van der Waals surface area contributed by atoms with Crippen LogP contribution in [0.4, 0.5) is 0 Å². The van der Waals surface area contributed by atoms with Crippen molar-refractivity contribution in [1.82, 2.24) is 5.32 Å². The number of nitrogens with one attached hydrogen (secondary N) is 1. The summed E-state index contributed by atoms with van der Waals surface area (Å²) in [5.41, 5.74) is 0. The molecule has 0 saturated carbocycles. The van der Waals surface area contributed by atoms with Gasteiger partial charge in [0.2, 0.25) is 0 Å². The van der Waals surface area contributed by atoms with Gasteiger partial charge in [0.25, 0.3) is 0 Å². The van der Waals surface area contributed by atoms with Gasteiger partial charge in [0.15, 0.2) is 0 Å². The van der Waals surface area contributed by atoms with Gasteiger partial charge < -0.3 is 15.5 Å². The maximum Gasteiger partial charge on any atom is 0.128 e. The van der Waals surface area contributed by atoms with Crippen LogP contribution in [0.25, 0.3) is 0 Å². The van der Waals surface area contributed by atoms with Gasteiger partial charge in [-0.25, -0.2) is 0 Å². The third-order valence-electron chi connectivity index (χ3n) is 1.25. The predicted molar refractivity (Wildman–Crippen MR) is 49.0 cm³/mol. The molecule has 0 aromatic carbocycles. The van der Waals surface area contributed by atoms with Crippen LogP contribution in [0.5, 0.6) is 0 Å². The van der Waals surface area contributed by atoms with Crippen molar-refractivity contribution >= 4 is 25.0 Å². The van der Waals surface area contributed by atoms with Crippen molar-refractivity contribution < 1.29 is 10.2 Å². The number of halogens is 1. The molecular formula is C6H10ClNO2S. The molecule has 1 heterocycles. The molecule has 3 nitrogen and oxygen atoms in total. The highest BCUT2D eigenvalue weighted by Gasteiger charge is 2.09. The Bertz CT molecular complexity index is 193. The summed E-state index contributed by atoms with van der Waals surface area (Å²) in [4.78, 5) is 0.490. The third kappa shape index (κ3) is 2.65. The molecule has 1 unspecified atom stereocenters. The number of aliphatic hydroxyl groups excluding tert-OH is 2. The maximum atomic E-state index is 9.04. The molecule has 64 valence electrons. The summed E-state index contributed by atoms with van der Waals surface area (Å²) < 4.78 is 0. The molecule has 5 heteroatoms. The van der Waals surface area contributed by atoms with E-state index in [9.17, 15) is 0 Å². The second-order valence-corrected chi connectivity index (χ2v) is 2.52. The molecule has 0 aromatic heterocycles. The fraction of sp³-hybridized carbons (Fsp3) is 0.333. The Kier molecular flexibility index (Phi) is 4.40. The fourth-order valence-corrected chi connectivity index (χ4v) is 0.838. The molecule has 1 rings (SSSR count). The summed E-state index contributed by atoms with van der Waals surface area (Å²) in [6, 6.07) is -0.184. The Labute approximate surface area is 76.6 Å². The van der Waals surface area contributed by atoms with Crippen molar-refractivity contribution in [2.45, 2.75) is 6.04 Å². The molecule has 0 radical (unpaired) electrons. The molecule has 1 aliphatic heterocycles. The number of rotatable bonds is 1. The van der Waals surface area contributed by atoms with Crippen LogP contribution in [0.15, 0.2) is 22.9 Å². The first-order valence-corrected chi connectivity index (χ1v) is 3.36. The van der Waals surface area contributed by atoms with Crippen LogP contribution in [-0.2, 0) is 0 Å². The minimum atomic E-state index is -0.184. The quantitative estimate of drug-likeness (QED) is 0.464. The van der Waals surface area contributed by atoms with Crippen LogP contribution in [0.2, 0.25) is 0 Å². The van der Waals surface area contributed by atoms with E-state index in [-0.39, 0.29) is 30.8 Å². The van der Waals surface area contributed by atoms with E-state index in [0.717, 1.165) is 0 Å². The lowest BCUT2D eigenvalue weighted by molar-refractivity contribution is 0.267. The Morgan fingerprint density at radius 1 is 1.64 bits per heavy atom. The first-order chi connectivity index (χ1) is 4.74. The van der Waals surface area contributed by atoms with Crippen LogP contribution in [-0.4, -0.2) is 22.9 Å². The van der Waals surface area contributed by atoms with Gasteiger partial charge in [-0.1, -0.05) is 0 Å². The van der Waals surface area contributed by atoms with E-state index in [0.29, 0.717) is 4.91 Å². The minimum Gasteiger partial charge on any atom is -0.507 e. The lowest BCUT2D eigenvalue weighted by Crippen LogP contribution is -2.29. The topological polar surface area (TPSA) is 52.5 Å². The lowest BCUT2D eigenvalue weighted by Gasteiger charge is -2.15. The van der Waals surface area contributed by atoms with E-state index >= 15 is 0 Å². The molecule has 0 fully saturated rings. The standard InChI is InChI=1S/C6H9NO2S.ClH/c8-3-4-1-5(9)6(10)2-7-4;/h1-2,4,7-10H,3H2;1H.